The maximum Gasteiger partial charge on any atom is 0.337 e. The van der Waals surface area contributed by atoms with Crippen LogP contribution in [0.2, 0.25) is 0 Å². The number of amides is 2. The quantitative estimate of drug-likeness (QED) is 0.597. The Morgan fingerprint density at radius 2 is 1.62 bits per heavy atom. The molecule has 0 atom stereocenters. The van der Waals surface area contributed by atoms with Crippen molar-refractivity contribution >= 4 is 23.5 Å². The van der Waals surface area contributed by atoms with E-state index in [1.54, 1.807) is 12.1 Å². The van der Waals surface area contributed by atoms with Gasteiger partial charge in [-0.05, 0) is 42.7 Å². The Kier molecular flexibility index (Phi) is 6.61. The lowest BCUT2D eigenvalue weighted by atomic mass is 9.74. The maximum absolute atomic E-state index is 12.4. The molecule has 0 aromatic heterocycles. The number of methoxy groups -OCH3 is 1. The first-order chi connectivity index (χ1) is 14.0. The summed E-state index contributed by atoms with van der Waals surface area (Å²) in [6.45, 7) is 1.58. The molecule has 1 aliphatic heterocycles. The van der Waals surface area contributed by atoms with Crippen molar-refractivity contribution in [2.24, 2.45) is 0 Å². The minimum absolute atomic E-state index is 0.252. The second-order valence-electron chi connectivity index (χ2n) is 6.96. The van der Waals surface area contributed by atoms with Crippen molar-refractivity contribution in [1.29, 1.82) is 0 Å². The summed E-state index contributed by atoms with van der Waals surface area (Å²) in [4.78, 5) is 36.1. The highest BCUT2D eigenvalue weighted by molar-refractivity contribution is 6.39. The van der Waals surface area contributed by atoms with Crippen molar-refractivity contribution in [3.05, 3.63) is 65.7 Å². The molecule has 1 heterocycles. The average molecular weight is 396 g/mol. The lowest BCUT2D eigenvalue weighted by Crippen LogP contribution is -2.47. The molecule has 2 aromatic carbocycles. The van der Waals surface area contributed by atoms with Crippen LogP contribution in [0, 0.1) is 0 Å². The average Bonchev–Trinajstić information content (AvgIpc) is 2.78. The first-order valence-corrected chi connectivity index (χ1v) is 9.45. The van der Waals surface area contributed by atoms with Crippen molar-refractivity contribution in [3.63, 3.8) is 0 Å². The van der Waals surface area contributed by atoms with Crippen LogP contribution in [0.1, 0.15) is 28.8 Å². The fourth-order valence-electron chi connectivity index (χ4n) is 3.45. The Hall–Kier alpha value is -3.19. The molecular weight excluding hydrogens is 372 g/mol. The molecule has 0 unspecified atom stereocenters. The fourth-order valence-corrected chi connectivity index (χ4v) is 3.45. The van der Waals surface area contributed by atoms with Gasteiger partial charge < -0.3 is 20.1 Å². The molecule has 7 heteroatoms. The molecule has 1 aliphatic rings. The van der Waals surface area contributed by atoms with Crippen LogP contribution in [0.4, 0.5) is 5.69 Å². The Morgan fingerprint density at radius 1 is 0.966 bits per heavy atom. The summed E-state index contributed by atoms with van der Waals surface area (Å²) in [5, 5.41) is 5.31. The lowest BCUT2D eigenvalue weighted by Gasteiger charge is -2.37. The molecule has 2 amide bonds. The van der Waals surface area contributed by atoms with E-state index in [9.17, 15) is 14.4 Å². The van der Waals surface area contributed by atoms with Crippen LogP contribution in [0.5, 0.6) is 0 Å². The molecule has 2 aromatic rings. The van der Waals surface area contributed by atoms with E-state index in [2.05, 4.69) is 15.4 Å². The molecule has 29 heavy (non-hydrogen) atoms. The molecule has 0 radical (unpaired) electrons. The summed E-state index contributed by atoms with van der Waals surface area (Å²) < 4.78 is 10.1. The maximum atomic E-state index is 12.4. The lowest BCUT2D eigenvalue weighted by molar-refractivity contribution is -0.136. The predicted molar refractivity (Wildman–Crippen MR) is 108 cm³/mol. The van der Waals surface area contributed by atoms with Gasteiger partial charge in [-0.3, -0.25) is 9.59 Å². The van der Waals surface area contributed by atoms with E-state index in [0.717, 1.165) is 18.4 Å². The van der Waals surface area contributed by atoms with Gasteiger partial charge in [-0.25, -0.2) is 4.79 Å². The normalized spacial score (nSPS) is 15.2. The van der Waals surface area contributed by atoms with E-state index in [1.165, 1.54) is 19.2 Å². The van der Waals surface area contributed by atoms with Gasteiger partial charge in [-0.15, -0.1) is 0 Å². The first kappa shape index (κ1) is 20.5. The third-order valence-corrected chi connectivity index (χ3v) is 5.19. The van der Waals surface area contributed by atoms with Gasteiger partial charge in [-0.2, -0.15) is 0 Å². The SMILES string of the molecule is COC(=O)c1ccc(NC(=O)C(=O)NCC2(c3ccccc3)CCOCC2)cc1. The van der Waals surface area contributed by atoms with Crippen LogP contribution < -0.4 is 10.6 Å². The predicted octanol–water partition coefficient (Wildman–Crippen LogP) is 2.28. The van der Waals surface area contributed by atoms with E-state index in [4.69, 9.17) is 4.74 Å². The van der Waals surface area contributed by atoms with Crippen molar-refractivity contribution < 1.29 is 23.9 Å². The van der Waals surface area contributed by atoms with Crippen LogP contribution in [0.25, 0.3) is 0 Å². The van der Waals surface area contributed by atoms with Crippen LogP contribution >= 0.6 is 0 Å². The molecule has 3 rings (SSSR count). The van der Waals surface area contributed by atoms with E-state index in [0.29, 0.717) is 31.0 Å². The zero-order chi connectivity index (χ0) is 20.7. The van der Waals surface area contributed by atoms with Gasteiger partial charge in [0, 0.05) is 30.9 Å². The van der Waals surface area contributed by atoms with Crippen LogP contribution in [-0.2, 0) is 24.5 Å². The molecule has 0 aliphatic carbocycles. The first-order valence-electron chi connectivity index (χ1n) is 9.45. The van der Waals surface area contributed by atoms with E-state index >= 15 is 0 Å². The van der Waals surface area contributed by atoms with Crippen LogP contribution in [0.3, 0.4) is 0 Å². The van der Waals surface area contributed by atoms with Crippen molar-refractivity contribution in [2.75, 3.05) is 32.2 Å². The fraction of sp³-hybridized carbons (Fsp3) is 0.318. The van der Waals surface area contributed by atoms with E-state index < -0.39 is 17.8 Å². The zero-order valence-electron chi connectivity index (χ0n) is 16.3. The third kappa shape index (κ3) is 5.00. The van der Waals surface area contributed by atoms with Gasteiger partial charge in [0.15, 0.2) is 0 Å². The van der Waals surface area contributed by atoms with Crippen LogP contribution in [-0.4, -0.2) is 44.7 Å². The Labute approximate surface area is 169 Å². The number of carbonyl (C=O) groups is 3. The summed E-state index contributed by atoms with van der Waals surface area (Å²) in [6, 6.07) is 16.1. The Bertz CT molecular complexity index is 859. The summed E-state index contributed by atoms with van der Waals surface area (Å²) in [5.41, 5.74) is 1.65. The van der Waals surface area contributed by atoms with Gasteiger partial charge >= 0.3 is 17.8 Å². The second-order valence-corrected chi connectivity index (χ2v) is 6.96. The van der Waals surface area contributed by atoms with E-state index in [1.807, 2.05) is 30.3 Å². The Morgan fingerprint density at radius 3 is 2.24 bits per heavy atom. The van der Waals surface area contributed by atoms with Crippen molar-refractivity contribution in [1.82, 2.24) is 5.32 Å². The molecule has 0 spiro atoms. The summed E-state index contributed by atoms with van der Waals surface area (Å²) >= 11 is 0. The minimum atomic E-state index is -0.758. The monoisotopic (exact) mass is 396 g/mol. The number of nitrogens with one attached hydrogen (secondary N) is 2. The molecule has 1 fully saturated rings. The highest BCUT2D eigenvalue weighted by Gasteiger charge is 2.35. The number of ether oxygens (including phenoxy) is 2. The third-order valence-electron chi connectivity index (χ3n) is 5.19. The number of benzene rings is 2. The molecule has 0 saturated carbocycles. The molecular formula is C22H24N2O5. The van der Waals surface area contributed by atoms with Crippen LogP contribution in [0.15, 0.2) is 54.6 Å². The van der Waals surface area contributed by atoms with Crippen molar-refractivity contribution in [2.45, 2.75) is 18.3 Å². The number of hydrogen-bond donors (Lipinski definition) is 2. The number of hydrogen-bond acceptors (Lipinski definition) is 5. The minimum Gasteiger partial charge on any atom is -0.465 e. The number of anilines is 1. The molecule has 2 N–H and O–H groups in total. The van der Waals surface area contributed by atoms with Gasteiger partial charge in [0.2, 0.25) is 0 Å². The van der Waals surface area contributed by atoms with E-state index in [-0.39, 0.29) is 5.41 Å². The highest BCUT2D eigenvalue weighted by Crippen LogP contribution is 2.34. The smallest absolute Gasteiger partial charge is 0.337 e. The largest absolute Gasteiger partial charge is 0.465 e. The second kappa shape index (κ2) is 9.34. The van der Waals surface area contributed by atoms with Gasteiger partial charge in [0.25, 0.3) is 0 Å². The van der Waals surface area contributed by atoms with Gasteiger partial charge in [-0.1, -0.05) is 30.3 Å². The summed E-state index contributed by atoms with van der Waals surface area (Å²) in [6.07, 6.45) is 1.54. The van der Waals surface area contributed by atoms with Crippen molar-refractivity contribution in [3.8, 4) is 0 Å². The Balaban J connectivity index is 1.61. The number of esters is 1. The number of carbonyl (C=O) groups excluding carboxylic acids is 3. The van der Waals surface area contributed by atoms with Gasteiger partial charge in [0.1, 0.15) is 0 Å². The number of rotatable bonds is 5. The molecule has 152 valence electrons. The topological polar surface area (TPSA) is 93.7 Å². The van der Waals surface area contributed by atoms with Gasteiger partial charge in [0.05, 0.1) is 12.7 Å². The standard InChI is InChI=1S/C22H24N2O5/c1-28-21(27)16-7-9-18(10-8-16)24-20(26)19(25)23-15-22(11-13-29-14-12-22)17-5-3-2-4-6-17/h2-10H,11-15H2,1H3,(H,23,25)(H,24,26). The molecule has 1 saturated heterocycles. The zero-order valence-corrected chi connectivity index (χ0v) is 16.3. The summed E-state index contributed by atoms with van der Waals surface area (Å²) in [5.74, 6) is -1.93. The summed E-state index contributed by atoms with van der Waals surface area (Å²) in [7, 11) is 1.29. The molecule has 7 nitrogen and oxygen atoms in total. The highest BCUT2D eigenvalue weighted by atomic mass is 16.5. The molecule has 0 bridgehead atoms.